The Morgan fingerprint density at radius 2 is 2.44 bits per heavy atom. The minimum absolute atomic E-state index is 0.225. The van der Waals surface area contributed by atoms with Gasteiger partial charge >= 0.3 is 6.09 Å². The van der Waals surface area contributed by atoms with Crippen LogP contribution in [0.3, 0.4) is 0 Å². The van der Waals surface area contributed by atoms with Gasteiger partial charge in [0.2, 0.25) is 0 Å². The maximum absolute atomic E-state index is 11.1. The number of aliphatic hydroxyl groups is 1. The minimum Gasteiger partial charge on any atom is -0.450 e. The molecule has 0 aliphatic rings. The number of carbonyl (C=O) groups is 1. The molecule has 5 nitrogen and oxygen atoms in total. The summed E-state index contributed by atoms with van der Waals surface area (Å²) in [6.07, 6.45) is -0.553. The highest BCUT2D eigenvalue weighted by Gasteiger charge is 2.02. The summed E-state index contributed by atoms with van der Waals surface area (Å²) in [6, 6.07) is 5.01. The fourth-order valence-electron chi connectivity index (χ4n) is 0.976. The standard InChI is InChI=1S/C11H12N2O3/c1-2-16-11(15)13-10-7-3-5-9(12-10)6-4-8-14/h3,5,7,14H,2,8H2,1H3,(H,12,13,15). The lowest BCUT2D eigenvalue weighted by atomic mass is 10.3. The first-order valence-electron chi connectivity index (χ1n) is 4.77. The summed E-state index contributed by atoms with van der Waals surface area (Å²) in [5.41, 5.74) is 0.475. The van der Waals surface area contributed by atoms with E-state index in [2.05, 4.69) is 22.1 Å². The van der Waals surface area contributed by atoms with Crippen LogP contribution in [0.1, 0.15) is 12.6 Å². The topological polar surface area (TPSA) is 71.5 Å². The van der Waals surface area contributed by atoms with Crippen molar-refractivity contribution in [1.29, 1.82) is 0 Å². The fraction of sp³-hybridized carbons (Fsp3) is 0.273. The van der Waals surface area contributed by atoms with Gasteiger partial charge in [-0.05, 0) is 25.0 Å². The minimum atomic E-state index is -0.553. The van der Waals surface area contributed by atoms with E-state index >= 15 is 0 Å². The van der Waals surface area contributed by atoms with Crippen molar-refractivity contribution >= 4 is 11.9 Å². The van der Waals surface area contributed by atoms with Crippen LogP contribution in [0.25, 0.3) is 0 Å². The van der Waals surface area contributed by atoms with Crippen LogP contribution >= 0.6 is 0 Å². The van der Waals surface area contributed by atoms with Gasteiger partial charge in [0.25, 0.3) is 0 Å². The second-order valence-corrected chi connectivity index (χ2v) is 2.71. The lowest BCUT2D eigenvalue weighted by Gasteiger charge is -2.03. The molecule has 0 bridgehead atoms. The summed E-state index contributed by atoms with van der Waals surface area (Å²) < 4.78 is 4.70. The number of carbonyl (C=O) groups excluding carboxylic acids is 1. The molecular weight excluding hydrogens is 208 g/mol. The molecule has 2 N–H and O–H groups in total. The molecule has 16 heavy (non-hydrogen) atoms. The second kappa shape index (κ2) is 6.43. The maximum Gasteiger partial charge on any atom is 0.412 e. The summed E-state index contributed by atoms with van der Waals surface area (Å²) >= 11 is 0. The van der Waals surface area contributed by atoms with Crippen molar-refractivity contribution in [2.24, 2.45) is 0 Å². The van der Waals surface area contributed by atoms with Crippen molar-refractivity contribution in [2.45, 2.75) is 6.92 Å². The third kappa shape index (κ3) is 3.98. The van der Waals surface area contributed by atoms with Gasteiger partial charge in [-0.25, -0.2) is 9.78 Å². The zero-order chi connectivity index (χ0) is 11.8. The van der Waals surface area contributed by atoms with Crippen LogP contribution in [0.2, 0.25) is 0 Å². The molecule has 0 unspecified atom stereocenters. The van der Waals surface area contributed by atoms with E-state index in [1.807, 2.05) is 0 Å². The Labute approximate surface area is 93.5 Å². The SMILES string of the molecule is CCOC(=O)Nc1cccc(C#CCO)n1. The van der Waals surface area contributed by atoms with Crippen LogP contribution in [-0.4, -0.2) is 29.4 Å². The number of amides is 1. The molecule has 0 aliphatic carbocycles. The normalized spacial score (nSPS) is 8.88. The molecule has 0 atom stereocenters. The van der Waals surface area contributed by atoms with E-state index < -0.39 is 6.09 Å². The summed E-state index contributed by atoms with van der Waals surface area (Å²) in [4.78, 5) is 15.1. The van der Waals surface area contributed by atoms with E-state index in [4.69, 9.17) is 9.84 Å². The molecule has 0 saturated heterocycles. The van der Waals surface area contributed by atoms with Crippen molar-refractivity contribution in [3.63, 3.8) is 0 Å². The molecule has 1 heterocycles. The predicted molar refractivity (Wildman–Crippen MR) is 58.8 cm³/mol. The van der Waals surface area contributed by atoms with E-state index in [1.54, 1.807) is 25.1 Å². The number of pyridine rings is 1. The van der Waals surface area contributed by atoms with Gasteiger partial charge in [0, 0.05) is 0 Å². The van der Waals surface area contributed by atoms with Crippen LogP contribution in [-0.2, 0) is 4.74 Å². The third-order valence-corrected chi connectivity index (χ3v) is 1.55. The van der Waals surface area contributed by atoms with Gasteiger partial charge in [-0.1, -0.05) is 12.0 Å². The van der Waals surface area contributed by atoms with Gasteiger partial charge in [-0.15, -0.1) is 0 Å². The largest absolute Gasteiger partial charge is 0.450 e. The quantitative estimate of drug-likeness (QED) is 0.729. The summed E-state index contributed by atoms with van der Waals surface area (Å²) in [5.74, 6) is 5.47. The van der Waals surface area contributed by atoms with Crippen LogP contribution in [0, 0.1) is 11.8 Å². The number of aliphatic hydroxyl groups excluding tert-OH is 1. The lowest BCUT2D eigenvalue weighted by molar-refractivity contribution is 0.168. The van der Waals surface area contributed by atoms with E-state index in [1.165, 1.54) is 0 Å². The average molecular weight is 220 g/mol. The predicted octanol–water partition coefficient (Wildman–Crippen LogP) is 0.994. The first-order chi connectivity index (χ1) is 7.76. The molecule has 1 aromatic rings. The highest BCUT2D eigenvalue weighted by molar-refractivity contribution is 5.83. The third-order valence-electron chi connectivity index (χ3n) is 1.55. The van der Waals surface area contributed by atoms with Crippen molar-refractivity contribution in [2.75, 3.05) is 18.5 Å². The Balaban J connectivity index is 2.71. The molecule has 0 aliphatic heterocycles. The molecule has 0 aromatic carbocycles. The monoisotopic (exact) mass is 220 g/mol. The van der Waals surface area contributed by atoms with Crippen LogP contribution in [0.5, 0.6) is 0 Å². The highest BCUT2D eigenvalue weighted by atomic mass is 16.5. The van der Waals surface area contributed by atoms with Crippen LogP contribution in [0.15, 0.2) is 18.2 Å². The van der Waals surface area contributed by atoms with E-state index in [0.29, 0.717) is 18.1 Å². The molecule has 0 fully saturated rings. The molecular formula is C11H12N2O3. The van der Waals surface area contributed by atoms with Crippen LogP contribution < -0.4 is 5.32 Å². The summed E-state index contributed by atoms with van der Waals surface area (Å²) in [6.45, 7) is 1.79. The maximum atomic E-state index is 11.1. The summed E-state index contributed by atoms with van der Waals surface area (Å²) in [7, 11) is 0. The van der Waals surface area contributed by atoms with Gasteiger partial charge in [0.05, 0.1) is 6.61 Å². The number of nitrogens with one attached hydrogen (secondary N) is 1. The molecule has 1 aromatic heterocycles. The van der Waals surface area contributed by atoms with Gasteiger partial charge < -0.3 is 9.84 Å². The first kappa shape index (κ1) is 12.0. The molecule has 5 heteroatoms. The Kier molecular flexibility index (Phi) is 4.83. The van der Waals surface area contributed by atoms with Gasteiger partial charge in [-0.2, -0.15) is 0 Å². The molecule has 84 valence electrons. The highest BCUT2D eigenvalue weighted by Crippen LogP contribution is 2.04. The Hall–Kier alpha value is -2.06. The van der Waals surface area contributed by atoms with Crippen LogP contribution in [0.4, 0.5) is 10.6 Å². The number of ether oxygens (including phenoxy) is 1. The van der Waals surface area contributed by atoms with Gasteiger partial charge in [0.1, 0.15) is 18.1 Å². The number of nitrogens with zero attached hydrogens (tertiary/aromatic N) is 1. The zero-order valence-electron chi connectivity index (χ0n) is 8.86. The van der Waals surface area contributed by atoms with Crippen molar-refractivity contribution < 1.29 is 14.6 Å². The van der Waals surface area contributed by atoms with E-state index in [9.17, 15) is 4.79 Å². The van der Waals surface area contributed by atoms with Crippen molar-refractivity contribution in [3.05, 3.63) is 23.9 Å². The average Bonchev–Trinajstić information content (AvgIpc) is 2.27. The first-order valence-corrected chi connectivity index (χ1v) is 4.77. The Morgan fingerprint density at radius 3 is 3.12 bits per heavy atom. The number of rotatable bonds is 2. The van der Waals surface area contributed by atoms with Gasteiger partial charge in [-0.3, -0.25) is 5.32 Å². The second-order valence-electron chi connectivity index (χ2n) is 2.71. The van der Waals surface area contributed by atoms with E-state index in [0.717, 1.165) is 0 Å². The summed E-state index contributed by atoms with van der Waals surface area (Å²) in [5, 5.41) is 11.0. The lowest BCUT2D eigenvalue weighted by Crippen LogP contribution is -2.14. The fourth-order valence-corrected chi connectivity index (χ4v) is 0.976. The Bertz CT molecular complexity index is 421. The molecule has 1 rings (SSSR count). The van der Waals surface area contributed by atoms with Gasteiger partial charge in [0.15, 0.2) is 0 Å². The van der Waals surface area contributed by atoms with E-state index in [-0.39, 0.29) is 6.61 Å². The Morgan fingerprint density at radius 1 is 1.62 bits per heavy atom. The molecule has 0 radical (unpaired) electrons. The molecule has 0 spiro atoms. The van der Waals surface area contributed by atoms with Crippen molar-refractivity contribution in [1.82, 2.24) is 4.98 Å². The smallest absolute Gasteiger partial charge is 0.412 e. The molecule has 1 amide bonds. The molecule has 0 saturated carbocycles. The number of hydrogen-bond donors (Lipinski definition) is 2. The van der Waals surface area contributed by atoms with Crippen molar-refractivity contribution in [3.8, 4) is 11.8 Å². The zero-order valence-corrected chi connectivity index (χ0v) is 8.86. The number of aromatic nitrogens is 1. The number of hydrogen-bond acceptors (Lipinski definition) is 4. The number of anilines is 1.